The smallest absolute Gasteiger partial charge is 0.259 e. The molecule has 21 heavy (non-hydrogen) atoms. The lowest BCUT2D eigenvalue weighted by Gasteiger charge is -2.21. The van der Waals surface area contributed by atoms with Gasteiger partial charge in [0.05, 0.1) is 5.69 Å². The van der Waals surface area contributed by atoms with E-state index in [1.54, 1.807) is 0 Å². The van der Waals surface area contributed by atoms with Gasteiger partial charge >= 0.3 is 0 Å². The Labute approximate surface area is 135 Å². The van der Waals surface area contributed by atoms with Crippen molar-refractivity contribution in [3.05, 3.63) is 58.2 Å². The zero-order chi connectivity index (χ0) is 14.6. The number of piperazine rings is 1. The van der Waals surface area contributed by atoms with Crippen LogP contribution in [0.1, 0.15) is 0 Å². The summed E-state index contributed by atoms with van der Waals surface area (Å²) in [4.78, 5) is 28.3. The number of carbonyl (C=O) groups excluding carboxylic acids is 2. The molecule has 104 valence electrons. The van der Waals surface area contributed by atoms with E-state index in [0.29, 0.717) is 5.69 Å². The summed E-state index contributed by atoms with van der Waals surface area (Å²) in [6.45, 7) is 0. The average molecular weight is 390 g/mol. The van der Waals surface area contributed by atoms with Crippen molar-refractivity contribution in [2.24, 2.45) is 0 Å². The zero-order valence-corrected chi connectivity index (χ0v) is 13.1. The van der Waals surface area contributed by atoms with Crippen LogP contribution in [0.4, 0.5) is 11.4 Å². The highest BCUT2D eigenvalue weighted by molar-refractivity contribution is 14.1. The van der Waals surface area contributed by atoms with Crippen molar-refractivity contribution in [2.75, 3.05) is 9.80 Å². The first kappa shape index (κ1) is 12.8. The number of anilines is 2. The number of para-hydroxylation sites is 2. The topological polar surface area (TPSA) is 40.4 Å². The van der Waals surface area contributed by atoms with Gasteiger partial charge in [0, 0.05) is 9.26 Å². The molecule has 2 aliphatic rings. The second kappa shape index (κ2) is 4.56. The Morgan fingerprint density at radius 2 is 1.38 bits per heavy atom. The molecule has 2 amide bonds. The van der Waals surface area contributed by atoms with E-state index < -0.39 is 0 Å². The standard InChI is InChI=1S/C16H11IN2O2/c17-11-8-4-5-9-12(11)19-15(20)13-14(16(19)21)18(13)10-6-2-1-3-7-10/h1-9,13-14H. The minimum Gasteiger partial charge on any atom is -0.343 e. The summed E-state index contributed by atoms with van der Waals surface area (Å²) >= 11 is 2.15. The quantitative estimate of drug-likeness (QED) is 0.449. The second-order valence-corrected chi connectivity index (χ2v) is 6.26. The number of fused-ring (bicyclic) bond motifs is 1. The van der Waals surface area contributed by atoms with Crippen molar-refractivity contribution in [1.29, 1.82) is 0 Å². The monoisotopic (exact) mass is 390 g/mol. The van der Waals surface area contributed by atoms with Crippen LogP contribution in [0.15, 0.2) is 54.6 Å². The van der Waals surface area contributed by atoms with Gasteiger partial charge in [-0.2, -0.15) is 0 Å². The van der Waals surface area contributed by atoms with Gasteiger partial charge in [-0.1, -0.05) is 30.3 Å². The number of rotatable bonds is 2. The Bertz CT molecular complexity index is 725. The molecule has 2 unspecified atom stereocenters. The summed E-state index contributed by atoms with van der Waals surface area (Å²) in [7, 11) is 0. The molecule has 4 rings (SSSR count). The van der Waals surface area contributed by atoms with Gasteiger partial charge in [0.1, 0.15) is 12.1 Å². The molecule has 5 heteroatoms. The SMILES string of the molecule is O=C1C2C(C(=O)N1c1ccccc1I)N2c1ccccc1. The molecule has 0 aliphatic carbocycles. The maximum atomic E-state index is 12.6. The highest BCUT2D eigenvalue weighted by Gasteiger charge is 2.66. The van der Waals surface area contributed by atoms with E-state index in [9.17, 15) is 9.59 Å². The number of hydrogen-bond acceptors (Lipinski definition) is 3. The molecule has 2 heterocycles. The highest BCUT2D eigenvalue weighted by Crippen LogP contribution is 2.44. The molecule has 0 spiro atoms. The molecule has 4 nitrogen and oxygen atoms in total. The van der Waals surface area contributed by atoms with E-state index >= 15 is 0 Å². The van der Waals surface area contributed by atoms with Crippen molar-refractivity contribution < 1.29 is 9.59 Å². The summed E-state index contributed by atoms with van der Waals surface area (Å²) in [5.41, 5.74) is 1.62. The average Bonchev–Trinajstić information content (AvgIpc) is 3.20. The predicted octanol–water partition coefficient (Wildman–Crippen LogP) is 2.42. The number of hydrogen-bond donors (Lipinski definition) is 0. The molecule has 0 radical (unpaired) electrons. The normalized spacial score (nSPS) is 23.5. The van der Waals surface area contributed by atoms with Gasteiger partial charge in [-0.3, -0.25) is 9.59 Å². The Balaban J connectivity index is 1.66. The second-order valence-electron chi connectivity index (χ2n) is 5.10. The van der Waals surface area contributed by atoms with E-state index in [-0.39, 0.29) is 23.9 Å². The summed E-state index contributed by atoms with van der Waals surface area (Å²) in [5.74, 6) is -0.254. The van der Waals surface area contributed by atoms with Crippen molar-refractivity contribution in [2.45, 2.75) is 12.1 Å². The number of benzene rings is 2. The van der Waals surface area contributed by atoms with Crippen LogP contribution < -0.4 is 9.80 Å². The summed E-state index contributed by atoms with van der Waals surface area (Å²) < 4.78 is 0.907. The first-order valence-corrected chi connectivity index (χ1v) is 7.74. The van der Waals surface area contributed by atoms with Crippen LogP contribution in [-0.2, 0) is 9.59 Å². The van der Waals surface area contributed by atoms with E-state index in [4.69, 9.17) is 0 Å². The van der Waals surface area contributed by atoms with Crippen LogP contribution in [0.5, 0.6) is 0 Å². The molecular formula is C16H11IN2O2. The van der Waals surface area contributed by atoms with Gasteiger partial charge in [0.25, 0.3) is 11.8 Å². The summed E-state index contributed by atoms with van der Waals surface area (Å²) in [5, 5.41) is 0. The van der Waals surface area contributed by atoms with Crippen molar-refractivity contribution >= 4 is 45.8 Å². The highest BCUT2D eigenvalue weighted by atomic mass is 127. The van der Waals surface area contributed by atoms with Crippen LogP contribution in [0.2, 0.25) is 0 Å². The Kier molecular flexibility index (Phi) is 2.78. The first-order valence-electron chi connectivity index (χ1n) is 6.66. The maximum absolute atomic E-state index is 12.6. The Morgan fingerprint density at radius 1 is 0.810 bits per heavy atom. The Morgan fingerprint density at radius 3 is 2.00 bits per heavy atom. The maximum Gasteiger partial charge on any atom is 0.259 e. The van der Waals surface area contributed by atoms with E-state index in [1.807, 2.05) is 59.5 Å². The lowest BCUT2D eigenvalue weighted by Crippen LogP contribution is -2.39. The number of amides is 2. The van der Waals surface area contributed by atoms with Crippen LogP contribution in [0.25, 0.3) is 0 Å². The third-order valence-electron chi connectivity index (χ3n) is 3.90. The first-order chi connectivity index (χ1) is 10.2. The minimum absolute atomic E-state index is 0.127. The number of halogens is 1. The third-order valence-corrected chi connectivity index (χ3v) is 4.82. The molecule has 0 aromatic heterocycles. The van der Waals surface area contributed by atoms with Crippen LogP contribution in [-0.4, -0.2) is 23.9 Å². The van der Waals surface area contributed by atoms with Crippen molar-refractivity contribution in [3.63, 3.8) is 0 Å². The van der Waals surface area contributed by atoms with E-state index in [2.05, 4.69) is 22.6 Å². The van der Waals surface area contributed by atoms with Gasteiger partial charge in [-0.05, 0) is 46.9 Å². The fraction of sp³-hybridized carbons (Fsp3) is 0.125. The summed E-state index contributed by atoms with van der Waals surface area (Å²) in [6.07, 6.45) is 0. The number of imide groups is 1. The lowest BCUT2D eigenvalue weighted by molar-refractivity contribution is -0.122. The minimum atomic E-state index is -0.337. The molecule has 0 bridgehead atoms. The van der Waals surface area contributed by atoms with Gasteiger partial charge < -0.3 is 4.90 Å². The lowest BCUT2D eigenvalue weighted by atomic mass is 10.3. The van der Waals surface area contributed by atoms with Crippen molar-refractivity contribution in [3.8, 4) is 0 Å². The Hall–Kier alpha value is -1.89. The van der Waals surface area contributed by atoms with E-state index in [1.165, 1.54) is 4.90 Å². The zero-order valence-electron chi connectivity index (χ0n) is 10.9. The molecule has 2 aliphatic heterocycles. The van der Waals surface area contributed by atoms with Gasteiger partial charge in [0.2, 0.25) is 0 Å². The van der Waals surface area contributed by atoms with Crippen LogP contribution in [0, 0.1) is 3.57 Å². The molecule has 0 N–H and O–H groups in total. The third kappa shape index (κ3) is 1.80. The molecular weight excluding hydrogens is 379 g/mol. The fourth-order valence-corrected chi connectivity index (χ4v) is 3.53. The van der Waals surface area contributed by atoms with Gasteiger partial charge in [-0.15, -0.1) is 0 Å². The van der Waals surface area contributed by atoms with Crippen molar-refractivity contribution in [1.82, 2.24) is 0 Å². The molecule has 2 atom stereocenters. The van der Waals surface area contributed by atoms with E-state index in [0.717, 1.165) is 9.26 Å². The summed E-state index contributed by atoms with van der Waals surface area (Å²) in [6, 6.07) is 16.4. The van der Waals surface area contributed by atoms with Crippen LogP contribution >= 0.6 is 22.6 Å². The van der Waals surface area contributed by atoms with Gasteiger partial charge in [0.15, 0.2) is 0 Å². The molecule has 2 saturated heterocycles. The largest absolute Gasteiger partial charge is 0.343 e. The number of carbonyl (C=O) groups is 2. The molecule has 2 aromatic carbocycles. The number of nitrogens with zero attached hydrogens (tertiary/aromatic N) is 2. The van der Waals surface area contributed by atoms with Crippen LogP contribution in [0.3, 0.4) is 0 Å². The molecule has 2 fully saturated rings. The fourth-order valence-electron chi connectivity index (χ4n) is 2.90. The molecule has 2 aromatic rings. The van der Waals surface area contributed by atoms with Gasteiger partial charge in [-0.25, -0.2) is 4.90 Å². The molecule has 0 saturated carbocycles. The predicted molar refractivity (Wildman–Crippen MR) is 88.1 cm³/mol.